The summed E-state index contributed by atoms with van der Waals surface area (Å²) in [6.45, 7) is 0.505. The molecule has 2 unspecified atom stereocenters. The van der Waals surface area contributed by atoms with E-state index >= 15 is 0 Å². The number of aliphatic hydroxyl groups excluding tert-OH is 1. The first-order valence-corrected chi connectivity index (χ1v) is 11.3. The van der Waals surface area contributed by atoms with Crippen LogP contribution < -0.4 is 4.74 Å². The zero-order valence-electron chi connectivity index (χ0n) is 17.7. The Morgan fingerprint density at radius 3 is 2.33 bits per heavy atom. The molecule has 0 saturated heterocycles. The lowest BCUT2D eigenvalue weighted by Crippen LogP contribution is -2.23. The molecule has 0 bridgehead atoms. The summed E-state index contributed by atoms with van der Waals surface area (Å²) < 4.78 is 5.80. The van der Waals surface area contributed by atoms with Gasteiger partial charge in [-0.15, -0.1) is 0 Å². The molecular weight excluding hydrogens is 376 g/mol. The molecule has 2 atom stereocenters. The van der Waals surface area contributed by atoms with Gasteiger partial charge in [-0.3, -0.25) is 4.79 Å². The molecule has 30 heavy (non-hydrogen) atoms. The number of hydrogen-bond donors (Lipinski definition) is 2. The smallest absolute Gasteiger partial charge is 0.306 e. The first kappa shape index (κ1) is 22.4. The van der Waals surface area contributed by atoms with Crippen LogP contribution in [0, 0.1) is 11.8 Å². The van der Waals surface area contributed by atoms with Crippen molar-refractivity contribution >= 4 is 5.97 Å². The largest absolute Gasteiger partial charge is 0.489 e. The van der Waals surface area contributed by atoms with E-state index in [1.165, 1.54) is 32.1 Å². The molecule has 4 nitrogen and oxygen atoms in total. The third-order valence-corrected chi connectivity index (χ3v) is 6.19. The standard InChI is InChI=1S/C26H34O4/c27-24(14-11-20-7-3-1-4-8-20)18-23(26(28)29)17-21-12-15-25(16-13-21)30-19-22-9-5-2-6-10-22/h2,5-6,9-10,12-13,15-16,20,23-24,27H,1,3-4,7-8,11,14,17-19H2,(H,28,29). The van der Waals surface area contributed by atoms with Gasteiger partial charge in [0.15, 0.2) is 0 Å². The van der Waals surface area contributed by atoms with Crippen LogP contribution in [-0.2, 0) is 17.8 Å². The highest BCUT2D eigenvalue weighted by molar-refractivity contribution is 5.70. The number of carboxylic acids is 1. The van der Waals surface area contributed by atoms with Gasteiger partial charge < -0.3 is 14.9 Å². The summed E-state index contributed by atoms with van der Waals surface area (Å²) in [6.07, 6.45) is 8.36. The highest BCUT2D eigenvalue weighted by Gasteiger charge is 2.23. The van der Waals surface area contributed by atoms with Crippen LogP contribution in [0.5, 0.6) is 5.75 Å². The van der Waals surface area contributed by atoms with Gasteiger partial charge in [-0.05, 0) is 54.9 Å². The summed E-state index contributed by atoms with van der Waals surface area (Å²) >= 11 is 0. The van der Waals surface area contributed by atoms with E-state index in [9.17, 15) is 15.0 Å². The average Bonchev–Trinajstić information content (AvgIpc) is 2.78. The van der Waals surface area contributed by atoms with Crippen LogP contribution in [0.4, 0.5) is 0 Å². The molecule has 1 fully saturated rings. The van der Waals surface area contributed by atoms with E-state index in [-0.39, 0.29) is 0 Å². The number of hydrogen-bond acceptors (Lipinski definition) is 3. The van der Waals surface area contributed by atoms with Gasteiger partial charge in [0, 0.05) is 0 Å². The van der Waals surface area contributed by atoms with E-state index < -0.39 is 18.0 Å². The second-order valence-corrected chi connectivity index (χ2v) is 8.63. The molecule has 2 N–H and O–H groups in total. The van der Waals surface area contributed by atoms with Crippen LogP contribution in [0.2, 0.25) is 0 Å². The number of benzene rings is 2. The van der Waals surface area contributed by atoms with Crippen molar-refractivity contribution in [2.45, 2.75) is 70.5 Å². The maximum atomic E-state index is 11.7. The average molecular weight is 411 g/mol. The molecule has 0 heterocycles. The number of ether oxygens (including phenoxy) is 1. The van der Waals surface area contributed by atoms with Crippen LogP contribution in [0.25, 0.3) is 0 Å². The fourth-order valence-electron chi connectivity index (χ4n) is 4.37. The zero-order chi connectivity index (χ0) is 21.2. The number of carbonyl (C=O) groups is 1. The Morgan fingerprint density at radius 2 is 1.67 bits per heavy atom. The number of rotatable bonds is 11. The van der Waals surface area contributed by atoms with Crippen molar-refractivity contribution in [3.05, 3.63) is 65.7 Å². The SMILES string of the molecule is O=C(O)C(Cc1ccc(OCc2ccccc2)cc1)CC(O)CCC1CCCCC1. The van der Waals surface area contributed by atoms with Crippen molar-refractivity contribution < 1.29 is 19.7 Å². The Balaban J connectivity index is 1.46. The molecule has 0 aliphatic heterocycles. The summed E-state index contributed by atoms with van der Waals surface area (Å²) in [5.41, 5.74) is 2.06. The van der Waals surface area contributed by atoms with Gasteiger partial charge in [-0.25, -0.2) is 0 Å². The van der Waals surface area contributed by atoms with E-state index in [0.29, 0.717) is 31.8 Å². The van der Waals surface area contributed by atoms with E-state index in [1.54, 1.807) is 0 Å². The van der Waals surface area contributed by atoms with Gasteiger partial charge >= 0.3 is 5.97 Å². The molecule has 2 aromatic carbocycles. The lowest BCUT2D eigenvalue weighted by molar-refractivity contribution is -0.142. The minimum Gasteiger partial charge on any atom is -0.489 e. The molecule has 1 aliphatic rings. The van der Waals surface area contributed by atoms with Crippen molar-refractivity contribution in [3.8, 4) is 5.75 Å². The summed E-state index contributed by atoms with van der Waals surface area (Å²) in [6, 6.07) is 17.6. The summed E-state index contributed by atoms with van der Waals surface area (Å²) in [7, 11) is 0. The van der Waals surface area contributed by atoms with Crippen LogP contribution in [0.1, 0.15) is 62.5 Å². The van der Waals surface area contributed by atoms with Crippen molar-refractivity contribution in [1.82, 2.24) is 0 Å². The van der Waals surface area contributed by atoms with E-state index in [0.717, 1.165) is 23.3 Å². The lowest BCUT2D eigenvalue weighted by atomic mass is 9.84. The summed E-state index contributed by atoms with van der Waals surface area (Å²) in [5, 5.41) is 20.0. The summed E-state index contributed by atoms with van der Waals surface area (Å²) in [4.78, 5) is 11.7. The highest BCUT2D eigenvalue weighted by Crippen LogP contribution is 2.29. The van der Waals surface area contributed by atoms with Gasteiger partial charge in [-0.2, -0.15) is 0 Å². The Morgan fingerprint density at radius 1 is 0.967 bits per heavy atom. The number of aliphatic carboxylic acids is 1. The van der Waals surface area contributed by atoms with Gasteiger partial charge in [0.05, 0.1) is 12.0 Å². The predicted octanol–water partition coefficient (Wildman–Crippen LogP) is 5.62. The maximum absolute atomic E-state index is 11.7. The fourth-order valence-corrected chi connectivity index (χ4v) is 4.37. The molecule has 3 rings (SSSR count). The van der Waals surface area contributed by atoms with Crippen LogP contribution in [-0.4, -0.2) is 22.3 Å². The number of aliphatic hydroxyl groups is 1. The zero-order valence-corrected chi connectivity index (χ0v) is 17.7. The molecule has 0 aromatic heterocycles. The first-order chi connectivity index (χ1) is 14.6. The minimum absolute atomic E-state index is 0.314. The third kappa shape index (κ3) is 7.49. The predicted molar refractivity (Wildman–Crippen MR) is 118 cm³/mol. The minimum atomic E-state index is -0.837. The Hall–Kier alpha value is -2.33. The quantitative estimate of drug-likeness (QED) is 0.504. The molecule has 4 heteroatoms. The molecular formula is C26H34O4. The van der Waals surface area contributed by atoms with E-state index in [2.05, 4.69) is 0 Å². The maximum Gasteiger partial charge on any atom is 0.306 e. The monoisotopic (exact) mass is 410 g/mol. The van der Waals surface area contributed by atoms with Crippen molar-refractivity contribution in [2.75, 3.05) is 0 Å². The van der Waals surface area contributed by atoms with E-state index in [1.807, 2.05) is 54.6 Å². The van der Waals surface area contributed by atoms with Crippen molar-refractivity contribution in [3.63, 3.8) is 0 Å². The van der Waals surface area contributed by atoms with E-state index in [4.69, 9.17) is 4.74 Å². The normalized spacial score (nSPS) is 16.7. The van der Waals surface area contributed by atoms with Crippen LogP contribution in [0.3, 0.4) is 0 Å². The Bertz CT molecular complexity index is 750. The third-order valence-electron chi connectivity index (χ3n) is 6.19. The highest BCUT2D eigenvalue weighted by atomic mass is 16.5. The summed E-state index contributed by atoms with van der Waals surface area (Å²) in [5.74, 6) is 0.0701. The fraction of sp³-hybridized carbons (Fsp3) is 0.500. The first-order valence-electron chi connectivity index (χ1n) is 11.3. The van der Waals surface area contributed by atoms with Gasteiger partial charge in [-0.1, -0.05) is 74.6 Å². The lowest BCUT2D eigenvalue weighted by Gasteiger charge is -2.23. The van der Waals surface area contributed by atoms with Gasteiger partial charge in [0.1, 0.15) is 12.4 Å². The van der Waals surface area contributed by atoms with Gasteiger partial charge in [0.25, 0.3) is 0 Å². The van der Waals surface area contributed by atoms with Crippen LogP contribution >= 0.6 is 0 Å². The topological polar surface area (TPSA) is 66.8 Å². The molecule has 0 radical (unpaired) electrons. The molecule has 0 spiro atoms. The Kier molecular flexibility index (Phi) is 8.76. The van der Waals surface area contributed by atoms with Crippen molar-refractivity contribution in [1.29, 1.82) is 0 Å². The molecule has 0 amide bonds. The molecule has 2 aromatic rings. The van der Waals surface area contributed by atoms with Crippen molar-refractivity contribution in [2.24, 2.45) is 11.8 Å². The molecule has 1 aliphatic carbocycles. The van der Waals surface area contributed by atoms with Crippen LogP contribution in [0.15, 0.2) is 54.6 Å². The number of carboxylic acid groups (broad SMARTS) is 1. The molecule has 1 saturated carbocycles. The second kappa shape index (κ2) is 11.8. The Labute approximate surface area is 179 Å². The van der Waals surface area contributed by atoms with Gasteiger partial charge in [0.2, 0.25) is 0 Å². The molecule has 162 valence electrons. The second-order valence-electron chi connectivity index (χ2n) is 8.63.